The minimum atomic E-state index is -3.35. The summed E-state index contributed by atoms with van der Waals surface area (Å²) in [7, 11) is 3.34. The molecule has 0 saturated carbocycles. The molecule has 166 valence electrons. The molecule has 1 aromatic carbocycles. The molecule has 3 rings (SSSR count). The second-order valence-electron chi connectivity index (χ2n) is 7.85. The Morgan fingerprint density at radius 3 is 2.52 bits per heavy atom. The molecule has 10 heteroatoms. The maximum absolute atomic E-state index is 14.5. The van der Waals surface area contributed by atoms with E-state index in [0.29, 0.717) is 12.6 Å². The topological polar surface area (TPSA) is 66.8 Å². The van der Waals surface area contributed by atoms with E-state index in [9.17, 15) is 22.4 Å². The second-order valence-corrected chi connectivity index (χ2v) is 7.85. The first-order chi connectivity index (χ1) is 14.4. The van der Waals surface area contributed by atoms with Crippen molar-refractivity contribution >= 4 is 22.7 Å². The summed E-state index contributed by atoms with van der Waals surface area (Å²) in [5.74, 6) is -4.27. The third-order valence-corrected chi connectivity index (χ3v) is 4.61. The van der Waals surface area contributed by atoms with Crippen molar-refractivity contribution in [2.24, 2.45) is 5.92 Å². The lowest BCUT2D eigenvalue weighted by molar-refractivity contribution is 0.0137. The van der Waals surface area contributed by atoms with Crippen LogP contribution in [0.25, 0.3) is 16.7 Å². The molecule has 2 aromatic heterocycles. The van der Waals surface area contributed by atoms with Gasteiger partial charge in [0.25, 0.3) is 11.5 Å². The first kappa shape index (κ1) is 22.5. The summed E-state index contributed by atoms with van der Waals surface area (Å²) in [5.41, 5.74) is -0.809. The fraction of sp³-hybridized carbons (Fsp3) is 0.381. The Hall–Kier alpha value is -3.17. The number of nitrogens with one attached hydrogen (secondary N) is 1. The number of alkyl halides is 3. The van der Waals surface area contributed by atoms with E-state index >= 15 is 0 Å². The minimum Gasteiger partial charge on any atom is -0.348 e. The number of halogens is 4. The third kappa shape index (κ3) is 4.33. The van der Waals surface area contributed by atoms with E-state index in [0.717, 1.165) is 12.1 Å². The molecular formula is C21H23F4N5O. The van der Waals surface area contributed by atoms with Gasteiger partial charge >= 0.3 is 0 Å². The van der Waals surface area contributed by atoms with Gasteiger partial charge in [-0.2, -0.15) is 10.1 Å². The molecule has 0 unspecified atom stereocenters. The van der Waals surface area contributed by atoms with Crippen molar-refractivity contribution in [3.8, 4) is 0 Å². The van der Waals surface area contributed by atoms with Crippen LogP contribution in [-0.4, -0.2) is 33.8 Å². The first-order valence-corrected chi connectivity index (χ1v) is 9.59. The summed E-state index contributed by atoms with van der Waals surface area (Å²) in [4.78, 5) is 21.1. The van der Waals surface area contributed by atoms with E-state index in [2.05, 4.69) is 15.1 Å². The monoisotopic (exact) mass is 437 g/mol. The van der Waals surface area contributed by atoms with Gasteiger partial charge in [-0.15, -0.1) is 0 Å². The van der Waals surface area contributed by atoms with E-state index in [4.69, 9.17) is 0 Å². The number of hydrogen-bond donors (Lipinski definition) is 1. The van der Waals surface area contributed by atoms with Crippen LogP contribution in [0.3, 0.4) is 0 Å². The van der Waals surface area contributed by atoms with E-state index in [1.165, 1.54) is 10.7 Å². The summed E-state index contributed by atoms with van der Waals surface area (Å²) in [6.45, 7) is 3.32. The molecule has 0 bridgehead atoms. The van der Waals surface area contributed by atoms with E-state index in [1.807, 2.05) is 13.8 Å². The van der Waals surface area contributed by atoms with Crippen LogP contribution in [0.15, 0.2) is 29.1 Å². The fourth-order valence-electron chi connectivity index (χ4n) is 3.19. The van der Waals surface area contributed by atoms with E-state index < -0.39 is 29.5 Å². The number of aromatic amines is 1. The van der Waals surface area contributed by atoms with Crippen molar-refractivity contribution in [1.82, 2.24) is 19.7 Å². The van der Waals surface area contributed by atoms with Gasteiger partial charge in [-0.25, -0.2) is 22.2 Å². The Bertz CT molecular complexity index is 1200. The average Bonchev–Trinajstić information content (AvgIpc) is 3.03. The van der Waals surface area contributed by atoms with Crippen LogP contribution >= 0.6 is 0 Å². The number of nitrogens with zero attached hydrogens (tertiary/aromatic N) is 4. The van der Waals surface area contributed by atoms with Gasteiger partial charge in [0.15, 0.2) is 5.65 Å². The molecule has 0 fully saturated rings. The highest BCUT2D eigenvalue weighted by Crippen LogP contribution is 2.32. The zero-order valence-corrected chi connectivity index (χ0v) is 17.8. The summed E-state index contributed by atoms with van der Waals surface area (Å²) < 4.78 is 56.7. The molecular weight excluding hydrogens is 414 g/mol. The van der Waals surface area contributed by atoms with Crippen LogP contribution in [0, 0.1) is 11.7 Å². The van der Waals surface area contributed by atoms with Crippen LogP contribution < -0.4 is 10.5 Å². The Morgan fingerprint density at radius 1 is 1.32 bits per heavy atom. The van der Waals surface area contributed by atoms with Crippen LogP contribution in [0.4, 0.5) is 23.5 Å². The van der Waals surface area contributed by atoms with Gasteiger partial charge in [-0.1, -0.05) is 26.0 Å². The van der Waals surface area contributed by atoms with Crippen LogP contribution in [0.1, 0.15) is 37.6 Å². The smallest absolute Gasteiger partial charge is 0.273 e. The molecule has 0 saturated heterocycles. The van der Waals surface area contributed by atoms with Gasteiger partial charge in [0.1, 0.15) is 23.6 Å². The number of allylic oxidation sites excluding steroid dienone is 1. The molecule has 0 atom stereocenters. The number of benzene rings is 1. The number of fused-ring (bicyclic) bond motifs is 1. The lowest BCUT2D eigenvalue weighted by Gasteiger charge is -2.16. The zero-order valence-electron chi connectivity index (χ0n) is 17.8. The standard InChI is InChI=1S/C21H23F4N5O/c1-11(2)8-16(12-6-7-13(14(23)9-12)21(3,24)25)30-18-17(15(10-22)28-30)19(31)27-20(26-18)29(4)5/h6-9,11H,10H2,1-5H3,(H,26,27,31). The van der Waals surface area contributed by atoms with Crippen LogP contribution in [-0.2, 0) is 12.6 Å². The van der Waals surface area contributed by atoms with E-state index in [-0.39, 0.29) is 34.2 Å². The number of rotatable bonds is 6. The predicted molar refractivity (Wildman–Crippen MR) is 111 cm³/mol. The zero-order chi connectivity index (χ0) is 23.1. The maximum Gasteiger partial charge on any atom is 0.273 e. The van der Waals surface area contributed by atoms with Crippen molar-refractivity contribution in [1.29, 1.82) is 0 Å². The molecule has 2 heterocycles. The average molecular weight is 437 g/mol. The molecule has 0 spiro atoms. The molecule has 6 nitrogen and oxygen atoms in total. The molecule has 31 heavy (non-hydrogen) atoms. The van der Waals surface area contributed by atoms with E-state index in [1.54, 1.807) is 25.1 Å². The third-order valence-electron chi connectivity index (χ3n) is 4.61. The summed E-state index contributed by atoms with van der Waals surface area (Å²) in [6, 6.07) is 3.32. The molecule has 0 amide bonds. The van der Waals surface area contributed by atoms with Crippen molar-refractivity contribution in [3.63, 3.8) is 0 Å². The van der Waals surface area contributed by atoms with Crippen molar-refractivity contribution < 1.29 is 17.6 Å². The van der Waals surface area contributed by atoms with Crippen LogP contribution in [0.2, 0.25) is 0 Å². The highest BCUT2D eigenvalue weighted by Gasteiger charge is 2.29. The minimum absolute atomic E-state index is 0.0278. The molecule has 0 aliphatic heterocycles. The molecule has 0 aliphatic carbocycles. The van der Waals surface area contributed by atoms with Crippen molar-refractivity contribution in [2.45, 2.75) is 33.4 Å². The first-order valence-electron chi connectivity index (χ1n) is 9.59. The number of hydrogen-bond acceptors (Lipinski definition) is 4. The van der Waals surface area contributed by atoms with Crippen LogP contribution in [0.5, 0.6) is 0 Å². The largest absolute Gasteiger partial charge is 0.348 e. The molecule has 0 radical (unpaired) electrons. The van der Waals surface area contributed by atoms with Gasteiger partial charge in [0, 0.05) is 26.6 Å². The Morgan fingerprint density at radius 2 is 2.00 bits per heavy atom. The molecule has 1 N–H and O–H groups in total. The SMILES string of the molecule is CC(C)C=C(c1ccc(C(C)(F)F)c(F)c1)n1nc(CF)c2c(=O)[nH]c(N(C)C)nc21. The van der Waals surface area contributed by atoms with Crippen molar-refractivity contribution in [2.75, 3.05) is 19.0 Å². The summed E-state index contributed by atoms with van der Waals surface area (Å²) in [5, 5.41) is 4.17. The lowest BCUT2D eigenvalue weighted by atomic mass is 10.0. The summed E-state index contributed by atoms with van der Waals surface area (Å²) >= 11 is 0. The fourth-order valence-corrected chi connectivity index (χ4v) is 3.19. The second kappa shape index (κ2) is 8.16. The lowest BCUT2D eigenvalue weighted by Crippen LogP contribution is -2.19. The molecule has 0 aliphatic rings. The van der Waals surface area contributed by atoms with Gasteiger partial charge in [-0.05, 0) is 18.1 Å². The molecule has 3 aromatic rings. The van der Waals surface area contributed by atoms with Crippen molar-refractivity contribution in [3.05, 3.63) is 57.3 Å². The van der Waals surface area contributed by atoms with Gasteiger partial charge in [-0.3, -0.25) is 9.78 Å². The quantitative estimate of drug-likeness (QED) is 0.579. The predicted octanol–water partition coefficient (Wildman–Crippen LogP) is 4.45. The number of aromatic nitrogens is 4. The number of H-pyrrole nitrogens is 1. The Balaban J connectivity index is 2.33. The highest BCUT2D eigenvalue weighted by molar-refractivity contribution is 5.84. The number of anilines is 1. The Labute approximate surface area is 176 Å². The normalized spacial score (nSPS) is 12.8. The van der Waals surface area contributed by atoms with Gasteiger partial charge in [0.2, 0.25) is 5.95 Å². The Kier molecular flexibility index (Phi) is 5.93. The maximum atomic E-state index is 14.5. The highest BCUT2D eigenvalue weighted by atomic mass is 19.3. The van der Waals surface area contributed by atoms with Gasteiger partial charge < -0.3 is 4.90 Å². The summed E-state index contributed by atoms with van der Waals surface area (Å²) in [6.07, 6.45) is 1.71. The van der Waals surface area contributed by atoms with Gasteiger partial charge in [0.05, 0.1) is 11.3 Å².